The molecule has 0 fully saturated rings. The fraction of sp³-hybridized carbons (Fsp3) is 0.0556. The van der Waals surface area contributed by atoms with Gasteiger partial charge in [0.1, 0.15) is 0 Å². The first-order valence-electron chi connectivity index (χ1n) is 7.88. The van der Waals surface area contributed by atoms with Gasteiger partial charge in [0.05, 0.1) is 5.52 Å². The van der Waals surface area contributed by atoms with Crippen LogP contribution in [0.15, 0.2) is 48.8 Å². The third-order valence-electron chi connectivity index (χ3n) is 4.05. The molecule has 0 radical (unpaired) electrons. The number of aromatic nitrogens is 7. The lowest BCUT2D eigenvalue weighted by Crippen LogP contribution is -1.91. The van der Waals surface area contributed by atoms with Gasteiger partial charge in [0.15, 0.2) is 22.9 Å². The Balaban J connectivity index is 1.57. The molecule has 25 heavy (non-hydrogen) atoms. The van der Waals surface area contributed by atoms with Crippen LogP contribution in [0.1, 0.15) is 17.3 Å². The van der Waals surface area contributed by atoms with E-state index < -0.39 is 0 Å². The lowest BCUT2D eigenvalue weighted by atomic mass is 10.2. The molecule has 0 aliphatic rings. The maximum absolute atomic E-state index is 4.59. The van der Waals surface area contributed by atoms with Gasteiger partial charge in [0.2, 0.25) is 0 Å². The van der Waals surface area contributed by atoms with Gasteiger partial charge in [-0.2, -0.15) is 0 Å². The van der Waals surface area contributed by atoms with E-state index in [0.717, 1.165) is 27.9 Å². The van der Waals surface area contributed by atoms with E-state index in [1.54, 1.807) is 10.7 Å². The predicted molar refractivity (Wildman–Crippen MR) is 94.9 cm³/mol. The Morgan fingerprint density at radius 3 is 2.68 bits per heavy atom. The highest BCUT2D eigenvalue weighted by Crippen LogP contribution is 2.16. The molecule has 7 heteroatoms. The first-order valence-corrected chi connectivity index (χ1v) is 7.88. The Hall–Kier alpha value is -3.61. The van der Waals surface area contributed by atoms with Crippen molar-refractivity contribution in [3.8, 4) is 0 Å². The second-order valence-corrected chi connectivity index (χ2v) is 5.73. The Morgan fingerprint density at radius 1 is 0.920 bits per heavy atom. The molecule has 0 aliphatic heterocycles. The summed E-state index contributed by atoms with van der Waals surface area (Å²) in [6.45, 7) is 2.00. The highest BCUT2D eigenvalue weighted by Gasteiger charge is 2.07. The Morgan fingerprint density at radius 2 is 1.80 bits per heavy atom. The molecular formula is C18H13N7. The second kappa shape index (κ2) is 5.20. The summed E-state index contributed by atoms with van der Waals surface area (Å²) in [4.78, 5) is 13.4. The maximum Gasteiger partial charge on any atom is 0.175 e. The highest BCUT2D eigenvalue weighted by atomic mass is 15.3. The molecule has 0 N–H and O–H groups in total. The Bertz CT molecular complexity index is 1260. The first-order chi connectivity index (χ1) is 12.3. The van der Waals surface area contributed by atoms with Gasteiger partial charge >= 0.3 is 0 Å². The van der Waals surface area contributed by atoms with E-state index in [4.69, 9.17) is 0 Å². The topological polar surface area (TPSA) is 73.3 Å². The number of hydrogen-bond donors (Lipinski definition) is 0. The summed E-state index contributed by atoms with van der Waals surface area (Å²) in [5.41, 5.74) is 3.54. The average Bonchev–Trinajstić information content (AvgIpc) is 3.24. The zero-order valence-corrected chi connectivity index (χ0v) is 13.4. The second-order valence-electron chi connectivity index (χ2n) is 5.73. The van der Waals surface area contributed by atoms with Crippen molar-refractivity contribution in [1.82, 2.24) is 34.2 Å². The first kappa shape index (κ1) is 13.8. The number of fused-ring (bicyclic) bond motifs is 4. The van der Waals surface area contributed by atoms with Crippen LogP contribution < -0.4 is 0 Å². The number of aryl methyl sites for hydroxylation is 1. The van der Waals surface area contributed by atoms with Crippen molar-refractivity contribution in [3.63, 3.8) is 0 Å². The van der Waals surface area contributed by atoms with Crippen LogP contribution in [-0.4, -0.2) is 34.2 Å². The van der Waals surface area contributed by atoms with Gasteiger partial charge < -0.3 is 0 Å². The quantitative estimate of drug-likeness (QED) is 0.498. The van der Waals surface area contributed by atoms with Gasteiger partial charge in [-0.1, -0.05) is 6.07 Å². The van der Waals surface area contributed by atoms with E-state index in [0.29, 0.717) is 11.6 Å². The lowest BCUT2D eigenvalue weighted by molar-refractivity contribution is 0.909. The fourth-order valence-electron chi connectivity index (χ4n) is 2.85. The number of hydrogen-bond acceptors (Lipinski definition) is 5. The minimum Gasteiger partial charge on any atom is -0.256 e. The smallest absolute Gasteiger partial charge is 0.175 e. The van der Waals surface area contributed by atoms with Crippen LogP contribution in [0.4, 0.5) is 0 Å². The summed E-state index contributed by atoms with van der Waals surface area (Å²) in [6, 6.07) is 11.7. The summed E-state index contributed by atoms with van der Waals surface area (Å²) < 4.78 is 3.57. The molecule has 0 amide bonds. The lowest BCUT2D eigenvalue weighted by Gasteiger charge is -1.96. The summed E-state index contributed by atoms with van der Waals surface area (Å²) in [6.07, 6.45) is 7.27. The van der Waals surface area contributed by atoms with Crippen molar-refractivity contribution in [2.75, 3.05) is 0 Å². The number of nitrogens with zero attached hydrogens (tertiary/aromatic N) is 7. The molecule has 0 unspecified atom stereocenters. The van der Waals surface area contributed by atoms with Gasteiger partial charge in [0.25, 0.3) is 0 Å². The molecule has 5 heterocycles. The molecule has 5 aromatic rings. The van der Waals surface area contributed by atoms with Crippen LogP contribution >= 0.6 is 0 Å². The highest BCUT2D eigenvalue weighted by molar-refractivity contribution is 5.91. The van der Waals surface area contributed by atoms with Crippen LogP contribution in [0, 0.1) is 6.92 Å². The van der Waals surface area contributed by atoms with Gasteiger partial charge in [0, 0.05) is 23.5 Å². The van der Waals surface area contributed by atoms with Gasteiger partial charge in [-0.3, -0.25) is 4.98 Å². The molecule has 0 saturated carbocycles. The fourth-order valence-corrected chi connectivity index (χ4v) is 2.85. The van der Waals surface area contributed by atoms with E-state index >= 15 is 0 Å². The van der Waals surface area contributed by atoms with E-state index in [-0.39, 0.29) is 0 Å². The SMILES string of the molecule is Cc1cccc2nc(/C=C/c3nc4c5cccnc5ccn4n3)nn12. The molecule has 0 bridgehead atoms. The summed E-state index contributed by atoms with van der Waals surface area (Å²) in [7, 11) is 0. The molecule has 0 atom stereocenters. The van der Waals surface area contributed by atoms with E-state index in [1.807, 2.05) is 66.2 Å². The minimum absolute atomic E-state index is 0.604. The molecule has 5 aromatic heterocycles. The van der Waals surface area contributed by atoms with E-state index in [1.165, 1.54) is 0 Å². The third kappa shape index (κ3) is 2.25. The minimum atomic E-state index is 0.604. The molecule has 120 valence electrons. The average molecular weight is 327 g/mol. The standard InChI is InChI=1S/C18H13N7/c1-12-4-2-6-17-20-15(23-25(12)17)7-8-16-21-18-13-5-3-10-19-14(13)9-11-24(18)22-16/h2-11H,1H3/b8-7+. The van der Waals surface area contributed by atoms with E-state index in [2.05, 4.69) is 25.1 Å². The number of rotatable bonds is 2. The molecule has 0 spiro atoms. The normalized spacial score (nSPS) is 12.0. The monoisotopic (exact) mass is 327 g/mol. The zero-order chi connectivity index (χ0) is 16.8. The summed E-state index contributed by atoms with van der Waals surface area (Å²) in [5, 5.41) is 9.93. The maximum atomic E-state index is 4.59. The third-order valence-corrected chi connectivity index (χ3v) is 4.05. The van der Waals surface area contributed by atoms with Crippen LogP contribution in [0.5, 0.6) is 0 Å². The molecule has 0 aliphatic carbocycles. The van der Waals surface area contributed by atoms with Crippen molar-refractivity contribution in [2.45, 2.75) is 6.92 Å². The predicted octanol–water partition coefficient (Wildman–Crippen LogP) is 2.80. The summed E-state index contributed by atoms with van der Waals surface area (Å²) in [5.74, 6) is 1.23. The van der Waals surface area contributed by atoms with Gasteiger partial charge in [-0.25, -0.2) is 19.0 Å². The van der Waals surface area contributed by atoms with Crippen molar-refractivity contribution >= 4 is 34.3 Å². The molecule has 0 aromatic carbocycles. The van der Waals surface area contributed by atoms with Crippen molar-refractivity contribution < 1.29 is 0 Å². The number of pyridine rings is 3. The van der Waals surface area contributed by atoms with E-state index in [9.17, 15) is 0 Å². The molecule has 5 rings (SSSR count). The van der Waals surface area contributed by atoms with Gasteiger partial charge in [-0.05, 0) is 49.4 Å². The molecular weight excluding hydrogens is 314 g/mol. The van der Waals surface area contributed by atoms with Crippen LogP contribution in [-0.2, 0) is 0 Å². The molecule has 7 nitrogen and oxygen atoms in total. The van der Waals surface area contributed by atoms with Gasteiger partial charge in [-0.15, -0.1) is 10.2 Å². The van der Waals surface area contributed by atoms with Crippen molar-refractivity contribution in [1.29, 1.82) is 0 Å². The zero-order valence-electron chi connectivity index (χ0n) is 13.4. The van der Waals surface area contributed by atoms with Crippen molar-refractivity contribution in [3.05, 3.63) is 66.1 Å². The van der Waals surface area contributed by atoms with Crippen LogP contribution in [0.3, 0.4) is 0 Å². The van der Waals surface area contributed by atoms with Crippen LogP contribution in [0.25, 0.3) is 34.3 Å². The van der Waals surface area contributed by atoms with Crippen LogP contribution in [0.2, 0.25) is 0 Å². The Labute approximate surface area is 142 Å². The summed E-state index contributed by atoms with van der Waals surface area (Å²) >= 11 is 0. The van der Waals surface area contributed by atoms with Crippen molar-refractivity contribution in [2.24, 2.45) is 0 Å². The molecule has 0 saturated heterocycles. The largest absolute Gasteiger partial charge is 0.256 e. The Kier molecular flexibility index (Phi) is 2.87.